The summed E-state index contributed by atoms with van der Waals surface area (Å²) in [6, 6.07) is 14.7. The highest BCUT2D eigenvalue weighted by Crippen LogP contribution is 2.33. The molecule has 9 heteroatoms. The van der Waals surface area contributed by atoms with Gasteiger partial charge in [0.2, 0.25) is 0 Å². The molecule has 162 valence electrons. The van der Waals surface area contributed by atoms with Gasteiger partial charge in [-0.3, -0.25) is 9.67 Å². The van der Waals surface area contributed by atoms with Crippen LogP contribution >= 0.6 is 0 Å². The summed E-state index contributed by atoms with van der Waals surface area (Å²) in [6.45, 7) is 0.267. The molecule has 0 saturated carbocycles. The molecule has 0 bridgehead atoms. The third-order valence-electron chi connectivity index (χ3n) is 4.62. The molecule has 0 saturated heterocycles. The molecule has 0 aliphatic carbocycles. The van der Waals surface area contributed by atoms with Crippen LogP contribution in [0.15, 0.2) is 73.1 Å². The van der Waals surface area contributed by atoms with Crippen LogP contribution in [0.4, 0.5) is 25.0 Å². The summed E-state index contributed by atoms with van der Waals surface area (Å²) >= 11 is 0. The quantitative estimate of drug-likeness (QED) is 0.447. The molecule has 2 aromatic carbocycles. The van der Waals surface area contributed by atoms with E-state index in [9.17, 15) is 13.6 Å². The predicted octanol–water partition coefficient (Wildman–Crippen LogP) is 4.98. The highest BCUT2D eigenvalue weighted by molar-refractivity contribution is 6.00. The predicted molar refractivity (Wildman–Crippen MR) is 116 cm³/mol. The number of aromatic nitrogens is 3. The van der Waals surface area contributed by atoms with E-state index in [0.29, 0.717) is 23.1 Å². The third-order valence-corrected chi connectivity index (χ3v) is 4.62. The van der Waals surface area contributed by atoms with Gasteiger partial charge in [-0.2, -0.15) is 5.10 Å². The van der Waals surface area contributed by atoms with E-state index in [1.54, 1.807) is 42.3 Å². The Morgan fingerprint density at radius 1 is 1.03 bits per heavy atom. The van der Waals surface area contributed by atoms with Crippen molar-refractivity contribution in [3.63, 3.8) is 0 Å². The number of nitrogens with one attached hydrogen (secondary N) is 2. The van der Waals surface area contributed by atoms with Crippen LogP contribution < -0.4 is 15.4 Å². The number of pyridine rings is 1. The monoisotopic (exact) mass is 435 g/mol. The number of nitrogens with zero attached hydrogens (tertiary/aromatic N) is 3. The van der Waals surface area contributed by atoms with Gasteiger partial charge in [0.15, 0.2) is 0 Å². The summed E-state index contributed by atoms with van der Waals surface area (Å²) < 4.78 is 34.5. The second-order valence-corrected chi connectivity index (χ2v) is 6.86. The van der Waals surface area contributed by atoms with Crippen molar-refractivity contribution >= 4 is 17.4 Å². The first kappa shape index (κ1) is 21.0. The second-order valence-electron chi connectivity index (χ2n) is 6.86. The van der Waals surface area contributed by atoms with Crippen LogP contribution in [0.2, 0.25) is 0 Å². The molecule has 0 aliphatic rings. The summed E-state index contributed by atoms with van der Waals surface area (Å²) in [7, 11) is 1.79. The lowest BCUT2D eigenvalue weighted by molar-refractivity contribution is 0.262. The molecular weight excluding hydrogens is 416 g/mol. The fourth-order valence-electron chi connectivity index (χ4n) is 3.08. The number of aryl methyl sites for hydroxylation is 1. The molecule has 0 atom stereocenters. The third kappa shape index (κ3) is 4.89. The Kier molecular flexibility index (Phi) is 6.07. The van der Waals surface area contributed by atoms with Crippen molar-refractivity contribution < 1.29 is 18.3 Å². The maximum Gasteiger partial charge on any atom is 0.323 e. The molecule has 4 rings (SSSR count). The van der Waals surface area contributed by atoms with E-state index in [4.69, 9.17) is 4.74 Å². The topological polar surface area (TPSA) is 81.1 Å². The highest BCUT2D eigenvalue weighted by atomic mass is 19.1. The Hall–Kier alpha value is -4.27. The molecule has 0 aliphatic heterocycles. The van der Waals surface area contributed by atoms with E-state index in [1.807, 2.05) is 24.3 Å². The van der Waals surface area contributed by atoms with Gasteiger partial charge >= 0.3 is 6.03 Å². The van der Waals surface area contributed by atoms with Crippen molar-refractivity contribution in [3.8, 4) is 17.0 Å². The fourth-order valence-corrected chi connectivity index (χ4v) is 3.08. The number of anilines is 2. The van der Waals surface area contributed by atoms with Gasteiger partial charge in [0.05, 0.1) is 17.1 Å². The van der Waals surface area contributed by atoms with Crippen LogP contribution in [-0.2, 0) is 13.7 Å². The zero-order valence-electron chi connectivity index (χ0n) is 17.0. The molecule has 2 N–H and O–H groups in total. The number of carbonyl (C=O) groups excluding carboxylic acids is 1. The number of benzene rings is 2. The van der Waals surface area contributed by atoms with E-state index >= 15 is 0 Å². The maximum absolute atomic E-state index is 13.8. The molecule has 2 heterocycles. The van der Waals surface area contributed by atoms with Crippen LogP contribution in [0.1, 0.15) is 5.69 Å². The summed E-state index contributed by atoms with van der Waals surface area (Å²) in [5, 5.41) is 9.20. The number of halogens is 2. The number of hydrogen-bond acceptors (Lipinski definition) is 4. The molecule has 32 heavy (non-hydrogen) atoms. The van der Waals surface area contributed by atoms with Gasteiger partial charge in [-0.25, -0.2) is 13.6 Å². The lowest BCUT2D eigenvalue weighted by Crippen LogP contribution is -2.20. The summed E-state index contributed by atoms with van der Waals surface area (Å²) in [4.78, 5) is 16.6. The molecular formula is C23H19F2N5O2. The SMILES string of the molecule is Cn1nccc1-c1cc(NC(=O)Nc2ccc(F)cc2F)ccc1OCc1ccccn1. The minimum absolute atomic E-state index is 0.133. The maximum atomic E-state index is 13.8. The first-order chi connectivity index (χ1) is 15.5. The molecule has 0 spiro atoms. The van der Waals surface area contributed by atoms with Crippen molar-refractivity contribution in [2.75, 3.05) is 10.6 Å². The lowest BCUT2D eigenvalue weighted by atomic mass is 10.1. The van der Waals surface area contributed by atoms with Crippen molar-refractivity contribution in [1.29, 1.82) is 0 Å². The highest BCUT2D eigenvalue weighted by Gasteiger charge is 2.14. The average molecular weight is 435 g/mol. The molecule has 0 unspecified atom stereocenters. The Bertz CT molecular complexity index is 1240. The molecule has 2 aromatic heterocycles. The van der Waals surface area contributed by atoms with E-state index in [2.05, 4.69) is 20.7 Å². The molecule has 2 amide bonds. The average Bonchev–Trinajstić information content (AvgIpc) is 3.21. The molecule has 7 nitrogen and oxygen atoms in total. The standard InChI is InChI=1S/C23H19F2N5O2/c1-30-21(9-11-27-30)18-13-16(6-8-22(18)32-14-17-4-2-3-10-26-17)28-23(31)29-20-7-5-15(24)12-19(20)25/h2-13H,14H2,1H3,(H2,28,29,31). The number of carbonyl (C=O) groups is 1. The molecule has 0 radical (unpaired) electrons. The summed E-state index contributed by atoms with van der Waals surface area (Å²) in [5.41, 5.74) is 2.56. The zero-order valence-corrected chi connectivity index (χ0v) is 17.0. The minimum atomic E-state index is -0.867. The van der Waals surface area contributed by atoms with Crippen LogP contribution in [0.3, 0.4) is 0 Å². The summed E-state index contributed by atoms with van der Waals surface area (Å²) in [5.74, 6) is -1.01. The number of rotatable bonds is 6. The van der Waals surface area contributed by atoms with Gasteiger partial charge in [-0.15, -0.1) is 0 Å². The van der Waals surface area contributed by atoms with Gasteiger partial charge in [0.1, 0.15) is 24.0 Å². The van der Waals surface area contributed by atoms with Crippen LogP contribution in [0.25, 0.3) is 11.3 Å². The van der Waals surface area contributed by atoms with Crippen molar-refractivity contribution in [3.05, 3.63) is 90.4 Å². The smallest absolute Gasteiger partial charge is 0.323 e. The molecule has 4 aromatic rings. The fraction of sp³-hybridized carbons (Fsp3) is 0.0870. The molecule has 0 fully saturated rings. The Balaban J connectivity index is 1.55. The van der Waals surface area contributed by atoms with E-state index in [-0.39, 0.29) is 12.3 Å². The lowest BCUT2D eigenvalue weighted by Gasteiger charge is -2.14. The Labute approximate surface area is 182 Å². The van der Waals surface area contributed by atoms with E-state index < -0.39 is 17.7 Å². The van der Waals surface area contributed by atoms with Gasteiger partial charge in [0, 0.05) is 36.8 Å². The number of hydrogen-bond donors (Lipinski definition) is 2. The van der Waals surface area contributed by atoms with Crippen LogP contribution in [-0.4, -0.2) is 20.8 Å². The normalized spacial score (nSPS) is 10.6. The second kappa shape index (κ2) is 9.25. The summed E-state index contributed by atoms with van der Waals surface area (Å²) in [6.07, 6.45) is 3.35. The Morgan fingerprint density at radius 3 is 2.62 bits per heavy atom. The number of amides is 2. The van der Waals surface area contributed by atoms with Crippen LogP contribution in [0.5, 0.6) is 5.75 Å². The largest absolute Gasteiger partial charge is 0.487 e. The van der Waals surface area contributed by atoms with Gasteiger partial charge < -0.3 is 15.4 Å². The van der Waals surface area contributed by atoms with Gasteiger partial charge in [-0.1, -0.05) is 6.07 Å². The Morgan fingerprint density at radius 2 is 1.91 bits per heavy atom. The van der Waals surface area contributed by atoms with Crippen molar-refractivity contribution in [1.82, 2.24) is 14.8 Å². The van der Waals surface area contributed by atoms with Crippen molar-refractivity contribution in [2.45, 2.75) is 6.61 Å². The zero-order chi connectivity index (χ0) is 22.5. The van der Waals surface area contributed by atoms with Crippen molar-refractivity contribution in [2.24, 2.45) is 7.05 Å². The first-order valence-corrected chi connectivity index (χ1v) is 9.68. The first-order valence-electron chi connectivity index (χ1n) is 9.68. The number of ether oxygens (including phenoxy) is 1. The number of urea groups is 1. The minimum Gasteiger partial charge on any atom is -0.487 e. The van der Waals surface area contributed by atoms with Gasteiger partial charge in [0.25, 0.3) is 0 Å². The van der Waals surface area contributed by atoms with E-state index in [1.165, 1.54) is 0 Å². The van der Waals surface area contributed by atoms with E-state index in [0.717, 1.165) is 23.5 Å². The van der Waals surface area contributed by atoms with Gasteiger partial charge in [-0.05, 0) is 48.5 Å². The van der Waals surface area contributed by atoms with Crippen LogP contribution in [0, 0.1) is 11.6 Å².